The SMILES string of the molecule is O=Cc1ccc(C(c2ccccc2)c2cccn2C=O)[nH]1. The van der Waals surface area contributed by atoms with Crippen molar-refractivity contribution in [2.45, 2.75) is 5.92 Å². The van der Waals surface area contributed by atoms with Crippen LogP contribution in [0.5, 0.6) is 0 Å². The molecule has 3 rings (SSSR count). The third kappa shape index (κ3) is 2.43. The third-order valence-corrected chi connectivity index (χ3v) is 3.52. The highest BCUT2D eigenvalue weighted by Crippen LogP contribution is 2.31. The molecule has 2 aromatic heterocycles. The fourth-order valence-electron chi connectivity index (χ4n) is 2.57. The second kappa shape index (κ2) is 5.63. The second-order valence-corrected chi connectivity index (χ2v) is 4.78. The number of carbonyl (C=O) groups excluding carboxylic acids is 2. The first-order chi connectivity index (χ1) is 10.3. The molecule has 0 aliphatic carbocycles. The Morgan fingerprint density at radius 1 is 0.952 bits per heavy atom. The first-order valence-electron chi connectivity index (χ1n) is 6.64. The van der Waals surface area contributed by atoms with Gasteiger partial charge in [0.1, 0.15) is 0 Å². The third-order valence-electron chi connectivity index (χ3n) is 3.52. The quantitative estimate of drug-likeness (QED) is 0.730. The van der Waals surface area contributed by atoms with E-state index in [1.165, 1.54) is 0 Å². The Kier molecular flexibility index (Phi) is 3.51. The van der Waals surface area contributed by atoms with Crippen LogP contribution >= 0.6 is 0 Å². The van der Waals surface area contributed by atoms with Crippen LogP contribution in [0, 0.1) is 0 Å². The van der Waals surface area contributed by atoms with E-state index in [0.717, 1.165) is 29.6 Å². The van der Waals surface area contributed by atoms with Gasteiger partial charge in [-0.05, 0) is 29.8 Å². The molecule has 0 bridgehead atoms. The lowest BCUT2D eigenvalue weighted by Crippen LogP contribution is -2.10. The van der Waals surface area contributed by atoms with Crippen LogP contribution in [0.4, 0.5) is 0 Å². The molecule has 21 heavy (non-hydrogen) atoms. The Balaban J connectivity index is 2.15. The van der Waals surface area contributed by atoms with Crippen molar-refractivity contribution < 1.29 is 9.59 Å². The van der Waals surface area contributed by atoms with E-state index in [1.807, 2.05) is 48.5 Å². The maximum absolute atomic E-state index is 11.2. The number of rotatable bonds is 5. The first kappa shape index (κ1) is 13.1. The molecule has 0 saturated heterocycles. The number of H-pyrrole nitrogens is 1. The van der Waals surface area contributed by atoms with Gasteiger partial charge in [0.05, 0.1) is 11.6 Å². The van der Waals surface area contributed by atoms with E-state index >= 15 is 0 Å². The largest absolute Gasteiger partial charge is 0.355 e. The molecule has 1 unspecified atom stereocenters. The first-order valence-corrected chi connectivity index (χ1v) is 6.64. The zero-order valence-corrected chi connectivity index (χ0v) is 11.3. The molecule has 0 radical (unpaired) electrons. The Hall–Kier alpha value is -2.88. The van der Waals surface area contributed by atoms with Gasteiger partial charge in [-0.1, -0.05) is 30.3 Å². The van der Waals surface area contributed by atoms with Crippen molar-refractivity contribution in [1.29, 1.82) is 0 Å². The number of hydrogen-bond donors (Lipinski definition) is 1. The minimum Gasteiger partial charge on any atom is -0.355 e. The average molecular weight is 278 g/mol. The van der Waals surface area contributed by atoms with Gasteiger partial charge in [0, 0.05) is 17.6 Å². The van der Waals surface area contributed by atoms with Crippen LogP contribution in [-0.2, 0) is 4.79 Å². The highest BCUT2D eigenvalue weighted by molar-refractivity contribution is 5.72. The van der Waals surface area contributed by atoms with E-state index in [-0.39, 0.29) is 5.92 Å². The molecule has 1 atom stereocenters. The van der Waals surface area contributed by atoms with E-state index in [0.29, 0.717) is 5.69 Å². The number of nitrogens with one attached hydrogen (secondary N) is 1. The molecule has 4 nitrogen and oxygen atoms in total. The molecule has 0 saturated carbocycles. The summed E-state index contributed by atoms with van der Waals surface area (Å²) in [6, 6.07) is 17.3. The van der Waals surface area contributed by atoms with Crippen LogP contribution in [0.15, 0.2) is 60.8 Å². The summed E-state index contributed by atoms with van der Waals surface area (Å²) >= 11 is 0. The van der Waals surface area contributed by atoms with Gasteiger partial charge in [0.2, 0.25) is 6.41 Å². The van der Waals surface area contributed by atoms with Crippen LogP contribution < -0.4 is 0 Å². The molecule has 0 aliphatic heterocycles. The smallest absolute Gasteiger partial charge is 0.217 e. The number of hydrogen-bond acceptors (Lipinski definition) is 2. The number of carbonyl (C=O) groups is 2. The minimum atomic E-state index is -0.125. The van der Waals surface area contributed by atoms with Gasteiger partial charge >= 0.3 is 0 Å². The molecule has 4 heteroatoms. The zero-order chi connectivity index (χ0) is 14.7. The van der Waals surface area contributed by atoms with Crippen molar-refractivity contribution in [3.63, 3.8) is 0 Å². The van der Waals surface area contributed by atoms with E-state index in [4.69, 9.17) is 0 Å². The Bertz CT molecular complexity index is 756. The van der Waals surface area contributed by atoms with E-state index in [1.54, 1.807) is 16.8 Å². The number of aldehydes is 1. The standard InChI is InChI=1S/C17H14N2O2/c20-11-14-8-9-15(18-14)17(13-5-2-1-3-6-13)16-7-4-10-19(16)12-21/h1-12,17-18H. The molecule has 1 aromatic carbocycles. The normalized spacial score (nSPS) is 12.0. The zero-order valence-electron chi connectivity index (χ0n) is 11.3. The molecule has 0 aliphatic rings. The van der Waals surface area contributed by atoms with Crippen molar-refractivity contribution >= 4 is 12.7 Å². The van der Waals surface area contributed by atoms with Crippen LogP contribution in [-0.4, -0.2) is 22.2 Å². The van der Waals surface area contributed by atoms with Crippen molar-refractivity contribution in [2.75, 3.05) is 0 Å². The molecule has 2 heterocycles. The highest BCUT2D eigenvalue weighted by Gasteiger charge is 2.21. The maximum Gasteiger partial charge on any atom is 0.217 e. The molecule has 104 valence electrons. The van der Waals surface area contributed by atoms with Gasteiger partial charge in [0.15, 0.2) is 6.29 Å². The summed E-state index contributed by atoms with van der Waals surface area (Å²) in [7, 11) is 0. The molecule has 1 N–H and O–H groups in total. The van der Waals surface area contributed by atoms with Crippen LogP contribution in [0.2, 0.25) is 0 Å². The Morgan fingerprint density at radius 2 is 1.76 bits per heavy atom. The summed E-state index contributed by atoms with van der Waals surface area (Å²) < 4.78 is 1.55. The van der Waals surface area contributed by atoms with Crippen molar-refractivity contribution in [2.24, 2.45) is 0 Å². The maximum atomic E-state index is 11.2. The monoisotopic (exact) mass is 278 g/mol. The lowest BCUT2D eigenvalue weighted by molar-refractivity contribution is 0.111. The van der Waals surface area contributed by atoms with Crippen molar-refractivity contribution in [3.05, 3.63) is 83.4 Å². The predicted molar refractivity (Wildman–Crippen MR) is 80.1 cm³/mol. The van der Waals surface area contributed by atoms with Crippen molar-refractivity contribution in [1.82, 2.24) is 9.55 Å². The number of aromatic nitrogens is 2. The number of nitrogens with zero attached hydrogens (tertiary/aromatic N) is 1. The van der Waals surface area contributed by atoms with Crippen LogP contribution in [0.25, 0.3) is 0 Å². The minimum absolute atomic E-state index is 0.125. The molecule has 0 fully saturated rings. The van der Waals surface area contributed by atoms with Gasteiger partial charge in [-0.15, -0.1) is 0 Å². The fourth-order valence-corrected chi connectivity index (χ4v) is 2.57. The number of aromatic amines is 1. The second-order valence-electron chi connectivity index (χ2n) is 4.78. The molecule has 0 spiro atoms. The Labute approximate surface area is 122 Å². The van der Waals surface area contributed by atoms with Gasteiger partial charge < -0.3 is 4.98 Å². The molecule has 0 amide bonds. The summed E-state index contributed by atoms with van der Waals surface area (Å²) in [5.74, 6) is -0.125. The molecular formula is C17H14N2O2. The summed E-state index contributed by atoms with van der Waals surface area (Å²) in [4.78, 5) is 25.2. The van der Waals surface area contributed by atoms with E-state index < -0.39 is 0 Å². The topological polar surface area (TPSA) is 54.9 Å². The van der Waals surface area contributed by atoms with Crippen LogP contribution in [0.1, 0.15) is 33.4 Å². The van der Waals surface area contributed by atoms with Gasteiger partial charge in [-0.2, -0.15) is 0 Å². The molecular weight excluding hydrogens is 264 g/mol. The highest BCUT2D eigenvalue weighted by atomic mass is 16.1. The number of benzene rings is 1. The van der Waals surface area contributed by atoms with Crippen molar-refractivity contribution in [3.8, 4) is 0 Å². The summed E-state index contributed by atoms with van der Waals surface area (Å²) in [5.41, 5.74) is 3.31. The van der Waals surface area contributed by atoms with E-state index in [2.05, 4.69) is 4.98 Å². The van der Waals surface area contributed by atoms with Gasteiger partial charge in [0.25, 0.3) is 0 Å². The Morgan fingerprint density at radius 3 is 2.43 bits per heavy atom. The van der Waals surface area contributed by atoms with Gasteiger partial charge in [-0.3, -0.25) is 14.2 Å². The van der Waals surface area contributed by atoms with Gasteiger partial charge in [-0.25, -0.2) is 0 Å². The summed E-state index contributed by atoms with van der Waals surface area (Å²) in [6.07, 6.45) is 3.29. The average Bonchev–Trinajstić information content (AvgIpc) is 3.18. The predicted octanol–water partition coefficient (Wildman–Crippen LogP) is 2.85. The van der Waals surface area contributed by atoms with E-state index in [9.17, 15) is 9.59 Å². The van der Waals surface area contributed by atoms with Crippen LogP contribution in [0.3, 0.4) is 0 Å². The summed E-state index contributed by atoms with van der Waals surface area (Å²) in [6.45, 7) is 0. The lowest BCUT2D eigenvalue weighted by atomic mass is 9.92. The lowest BCUT2D eigenvalue weighted by Gasteiger charge is -2.17. The molecule has 3 aromatic rings. The summed E-state index contributed by atoms with van der Waals surface area (Å²) in [5, 5.41) is 0. The fraction of sp³-hybridized carbons (Fsp3) is 0.0588.